The maximum Gasteiger partial charge on any atom is 0.347 e. The Morgan fingerprint density at radius 2 is 0.886 bits per heavy atom. The minimum Gasteiger partial charge on any atom is -0.463 e. The summed E-state index contributed by atoms with van der Waals surface area (Å²) in [4.78, 5) is 23.9. The van der Waals surface area contributed by atoms with Crippen LogP contribution in [0.4, 0.5) is 0 Å². The Hall–Kier alpha value is -1.06. The van der Waals surface area contributed by atoms with Gasteiger partial charge in [0, 0.05) is 12.3 Å². The van der Waals surface area contributed by atoms with Crippen molar-refractivity contribution in [1.29, 1.82) is 0 Å². The summed E-state index contributed by atoms with van der Waals surface area (Å²) >= 11 is 0. The Kier molecular flexibility index (Phi) is 25.2. The second kappa shape index (κ2) is 26.0. The lowest BCUT2D eigenvalue weighted by Crippen LogP contribution is -2.33. The van der Waals surface area contributed by atoms with E-state index in [-0.39, 0.29) is 11.9 Å². The second-order valence-corrected chi connectivity index (χ2v) is 10.7. The average molecular weight is 497 g/mol. The first-order valence-corrected chi connectivity index (χ1v) is 15.4. The standard InChI is InChI=1S/C31H60O4/c1-5-7-8-9-10-11-12-13-14-15-16-17-18-19-20-21-22-23-24-25-26-27-29(32)35-30(28(3)4)31(33)34-6-2/h28,30H,5-27H2,1-4H3. The number of unbranched alkanes of at least 4 members (excludes halogenated alkanes) is 20. The topological polar surface area (TPSA) is 52.6 Å². The van der Waals surface area contributed by atoms with Crippen LogP contribution in [0.2, 0.25) is 0 Å². The van der Waals surface area contributed by atoms with Gasteiger partial charge in [-0.25, -0.2) is 4.79 Å². The van der Waals surface area contributed by atoms with E-state index in [2.05, 4.69) is 6.92 Å². The SMILES string of the molecule is CCCCCCCCCCCCCCCCCCCCCCCC(=O)OC(C(=O)OCC)C(C)C. The third-order valence-electron chi connectivity index (χ3n) is 6.87. The summed E-state index contributed by atoms with van der Waals surface area (Å²) in [5.41, 5.74) is 0. The molecule has 0 aliphatic heterocycles. The Morgan fingerprint density at radius 3 is 1.20 bits per heavy atom. The lowest BCUT2D eigenvalue weighted by molar-refractivity contribution is -0.170. The van der Waals surface area contributed by atoms with Gasteiger partial charge in [0.05, 0.1) is 6.61 Å². The predicted octanol–water partition coefficient (Wildman–Crippen LogP) is 9.72. The van der Waals surface area contributed by atoms with Crippen molar-refractivity contribution in [2.24, 2.45) is 5.92 Å². The highest BCUT2D eigenvalue weighted by molar-refractivity contribution is 5.79. The monoisotopic (exact) mass is 496 g/mol. The zero-order valence-corrected chi connectivity index (χ0v) is 24.1. The Morgan fingerprint density at radius 1 is 0.543 bits per heavy atom. The number of hydrogen-bond donors (Lipinski definition) is 0. The number of ether oxygens (including phenoxy) is 2. The van der Waals surface area contributed by atoms with E-state index >= 15 is 0 Å². The molecular formula is C31H60O4. The van der Waals surface area contributed by atoms with Crippen LogP contribution in [-0.4, -0.2) is 24.6 Å². The number of carbonyl (C=O) groups excluding carboxylic acids is 2. The maximum atomic E-state index is 12.0. The van der Waals surface area contributed by atoms with Crippen molar-refractivity contribution >= 4 is 11.9 Å². The molecule has 0 heterocycles. The van der Waals surface area contributed by atoms with Crippen molar-refractivity contribution in [2.45, 2.75) is 175 Å². The smallest absolute Gasteiger partial charge is 0.347 e. The van der Waals surface area contributed by atoms with Gasteiger partial charge in [-0.3, -0.25) is 4.79 Å². The molecule has 35 heavy (non-hydrogen) atoms. The van der Waals surface area contributed by atoms with Gasteiger partial charge in [-0.2, -0.15) is 0 Å². The lowest BCUT2D eigenvalue weighted by atomic mass is 10.0. The molecule has 0 radical (unpaired) electrons. The molecule has 4 heteroatoms. The van der Waals surface area contributed by atoms with Crippen LogP contribution >= 0.6 is 0 Å². The van der Waals surface area contributed by atoms with Crippen LogP contribution in [0.3, 0.4) is 0 Å². The minimum absolute atomic E-state index is 0.0716. The molecule has 1 unspecified atom stereocenters. The summed E-state index contributed by atoms with van der Waals surface area (Å²) in [6.45, 7) is 8.09. The van der Waals surface area contributed by atoms with Crippen LogP contribution in [0.5, 0.6) is 0 Å². The van der Waals surface area contributed by atoms with Gasteiger partial charge in [0.1, 0.15) is 0 Å². The highest BCUT2D eigenvalue weighted by atomic mass is 16.6. The fourth-order valence-electron chi connectivity index (χ4n) is 4.58. The van der Waals surface area contributed by atoms with Crippen molar-refractivity contribution in [2.75, 3.05) is 6.61 Å². The van der Waals surface area contributed by atoms with Crippen molar-refractivity contribution in [3.8, 4) is 0 Å². The predicted molar refractivity (Wildman–Crippen MR) is 149 cm³/mol. The second-order valence-electron chi connectivity index (χ2n) is 10.7. The summed E-state index contributed by atoms with van der Waals surface area (Å²) in [5, 5.41) is 0. The summed E-state index contributed by atoms with van der Waals surface area (Å²) in [7, 11) is 0. The molecule has 0 aromatic heterocycles. The highest BCUT2D eigenvalue weighted by Gasteiger charge is 2.27. The van der Waals surface area contributed by atoms with Gasteiger partial charge in [0.25, 0.3) is 0 Å². The zero-order chi connectivity index (χ0) is 26.0. The van der Waals surface area contributed by atoms with E-state index in [1.54, 1.807) is 6.92 Å². The molecular weight excluding hydrogens is 436 g/mol. The van der Waals surface area contributed by atoms with E-state index in [0.717, 1.165) is 12.8 Å². The average Bonchev–Trinajstić information content (AvgIpc) is 2.83. The van der Waals surface area contributed by atoms with E-state index in [0.29, 0.717) is 13.0 Å². The van der Waals surface area contributed by atoms with E-state index in [1.165, 1.54) is 122 Å². The van der Waals surface area contributed by atoms with Crippen LogP contribution < -0.4 is 0 Å². The van der Waals surface area contributed by atoms with Crippen LogP contribution in [-0.2, 0) is 19.1 Å². The molecule has 0 N–H and O–H groups in total. The molecule has 4 nitrogen and oxygen atoms in total. The highest BCUT2D eigenvalue weighted by Crippen LogP contribution is 2.16. The fraction of sp³-hybridized carbons (Fsp3) is 0.935. The van der Waals surface area contributed by atoms with Gasteiger partial charge in [0.2, 0.25) is 6.10 Å². The molecule has 0 saturated heterocycles. The van der Waals surface area contributed by atoms with Crippen molar-refractivity contribution in [3.05, 3.63) is 0 Å². The minimum atomic E-state index is -0.780. The molecule has 0 rings (SSSR count). The molecule has 0 amide bonds. The van der Waals surface area contributed by atoms with E-state index < -0.39 is 12.1 Å². The first kappa shape index (κ1) is 33.9. The molecule has 0 aliphatic rings. The lowest BCUT2D eigenvalue weighted by Gasteiger charge is -2.19. The first-order valence-electron chi connectivity index (χ1n) is 15.4. The summed E-state index contributed by atoms with van der Waals surface area (Å²) in [5.74, 6) is -0.790. The Bertz CT molecular complexity index is 475. The van der Waals surface area contributed by atoms with Crippen LogP contribution in [0.15, 0.2) is 0 Å². The third kappa shape index (κ3) is 23.1. The molecule has 0 aromatic rings. The Labute approximate surface area is 218 Å². The van der Waals surface area contributed by atoms with Gasteiger partial charge in [-0.15, -0.1) is 0 Å². The zero-order valence-electron chi connectivity index (χ0n) is 24.1. The Balaban J connectivity index is 3.36. The normalized spacial score (nSPS) is 12.1. The van der Waals surface area contributed by atoms with Crippen LogP contribution in [0, 0.1) is 5.92 Å². The molecule has 208 valence electrons. The molecule has 0 bridgehead atoms. The van der Waals surface area contributed by atoms with Gasteiger partial charge < -0.3 is 9.47 Å². The largest absolute Gasteiger partial charge is 0.463 e. The molecule has 0 spiro atoms. The van der Waals surface area contributed by atoms with E-state index in [1.807, 2.05) is 13.8 Å². The molecule has 0 fully saturated rings. The molecule has 1 atom stereocenters. The van der Waals surface area contributed by atoms with Crippen molar-refractivity contribution in [3.63, 3.8) is 0 Å². The third-order valence-corrected chi connectivity index (χ3v) is 6.87. The number of hydrogen-bond acceptors (Lipinski definition) is 4. The molecule has 0 aromatic carbocycles. The fourth-order valence-corrected chi connectivity index (χ4v) is 4.58. The number of rotatable bonds is 26. The maximum absolute atomic E-state index is 12.0. The van der Waals surface area contributed by atoms with Gasteiger partial charge in [-0.1, -0.05) is 149 Å². The quantitative estimate of drug-likeness (QED) is 0.0883. The summed E-state index contributed by atoms with van der Waals surface area (Å²) < 4.78 is 10.4. The summed E-state index contributed by atoms with van der Waals surface area (Å²) in [6, 6.07) is 0. The van der Waals surface area contributed by atoms with Crippen LogP contribution in [0.25, 0.3) is 0 Å². The molecule has 0 saturated carbocycles. The summed E-state index contributed by atoms with van der Waals surface area (Å²) in [6.07, 6.45) is 27.9. The number of esters is 2. The molecule has 0 aliphatic carbocycles. The number of carbonyl (C=O) groups is 2. The van der Waals surface area contributed by atoms with Gasteiger partial charge in [0.15, 0.2) is 0 Å². The van der Waals surface area contributed by atoms with E-state index in [4.69, 9.17) is 9.47 Å². The van der Waals surface area contributed by atoms with Crippen molar-refractivity contribution in [1.82, 2.24) is 0 Å². The van der Waals surface area contributed by atoms with Crippen molar-refractivity contribution < 1.29 is 19.1 Å². The van der Waals surface area contributed by atoms with Gasteiger partial charge >= 0.3 is 11.9 Å². The van der Waals surface area contributed by atoms with Crippen LogP contribution in [0.1, 0.15) is 169 Å². The van der Waals surface area contributed by atoms with E-state index in [9.17, 15) is 9.59 Å². The first-order chi connectivity index (χ1) is 17.0. The van der Waals surface area contributed by atoms with Gasteiger partial charge in [-0.05, 0) is 13.3 Å².